The third kappa shape index (κ3) is 6.83. The molecule has 0 radical (unpaired) electrons. The van der Waals surface area contributed by atoms with Crippen molar-refractivity contribution in [2.24, 2.45) is 0 Å². The Hall–Kier alpha value is -1.06. The molecule has 0 aliphatic heterocycles. The highest BCUT2D eigenvalue weighted by atomic mass is 19.1. The quantitative estimate of drug-likeness (QED) is 0.332. The first-order valence-corrected chi connectivity index (χ1v) is 3.25. The van der Waals surface area contributed by atoms with Gasteiger partial charge >= 0.3 is 5.97 Å². The van der Waals surface area contributed by atoms with Crippen LogP contribution in [0.2, 0.25) is 0 Å². The fourth-order valence-corrected chi connectivity index (χ4v) is 0.436. The van der Waals surface area contributed by atoms with Gasteiger partial charge in [0.05, 0.1) is 19.4 Å². The van der Waals surface area contributed by atoms with Crippen LogP contribution in [0, 0.1) is 0 Å². The van der Waals surface area contributed by atoms with Crippen LogP contribution in [0.1, 0.15) is 6.42 Å². The van der Waals surface area contributed by atoms with E-state index in [1.807, 2.05) is 0 Å². The second-order valence-electron chi connectivity index (χ2n) is 1.70. The van der Waals surface area contributed by atoms with E-state index in [2.05, 4.69) is 16.1 Å². The first-order chi connectivity index (χ1) is 5.31. The largest absolute Gasteiger partial charge is 0.498 e. The number of alkyl halides is 1. The summed E-state index contributed by atoms with van der Waals surface area (Å²) in [5.41, 5.74) is 0. The van der Waals surface area contributed by atoms with Gasteiger partial charge in [0.1, 0.15) is 13.2 Å². The Bertz CT molecular complexity index is 125. The number of ether oxygens (including phenoxy) is 2. The van der Waals surface area contributed by atoms with Crippen LogP contribution in [0.5, 0.6) is 0 Å². The molecule has 0 aromatic heterocycles. The topological polar surface area (TPSA) is 35.5 Å². The summed E-state index contributed by atoms with van der Waals surface area (Å²) in [6.07, 6.45) is 1.07. The molecule has 0 bridgehead atoms. The van der Waals surface area contributed by atoms with E-state index in [0.717, 1.165) is 0 Å². The maximum absolute atomic E-state index is 11.5. The number of esters is 1. The van der Waals surface area contributed by atoms with E-state index < -0.39 is 12.6 Å². The fraction of sp³-hybridized carbons (Fsp3) is 0.571. The zero-order valence-electron chi connectivity index (χ0n) is 6.22. The van der Waals surface area contributed by atoms with Gasteiger partial charge in [-0.2, -0.15) is 0 Å². The summed E-state index contributed by atoms with van der Waals surface area (Å²) in [5.74, 6) is -0.542. The van der Waals surface area contributed by atoms with Gasteiger partial charge in [-0.3, -0.25) is 9.18 Å². The molecule has 3 nitrogen and oxygen atoms in total. The first-order valence-electron chi connectivity index (χ1n) is 3.25. The van der Waals surface area contributed by atoms with Crippen LogP contribution in [-0.2, 0) is 14.3 Å². The molecule has 0 heterocycles. The molecule has 0 N–H and O–H groups in total. The molecule has 0 unspecified atom stereocenters. The van der Waals surface area contributed by atoms with Crippen LogP contribution in [0.4, 0.5) is 4.39 Å². The predicted molar refractivity (Wildman–Crippen MR) is 37.7 cm³/mol. The van der Waals surface area contributed by atoms with Gasteiger partial charge in [-0.15, -0.1) is 0 Å². The molecule has 0 spiro atoms. The van der Waals surface area contributed by atoms with Crippen molar-refractivity contribution in [2.75, 3.05) is 19.9 Å². The van der Waals surface area contributed by atoms with Crippen LogP contribution in [0.15, 0.2) is 12.8 Å². The van der Waals surface area contributed by atoms with E-state index in [4.69, 9.17) is 0 Å². The number of carbonyl (C=O) groups excluding carboxylic acids is 1. The second-order valence-corrected chi connectivity index (χ2v) is 1.70. The average Bonchev–Trinajstić information content (AvgIpc) is 1.99. The summed E-state index contributed by atoms with van der Waals surface area (Å²) in [7, 11) is 0. The third-order valence-electron chi connectivity index (χ3n) is 0.881. The van der Waals surface area contributed by atoms with E-state index in [-0.39, 0.29) is 19.6 Å². The number of rotatable bonds is 6. The summed E-state index contributed by atoms with van der Waals surface area (Å²) < 4.78 is 20.7. The van der Waals surface area contributed by atoms with E-state index in [0.29, 0.717) is 0 Å². The summed E-state index contributed by atoms with van der Waals surface area (Å²) in [6, 6.07) is 0. The normalized spacial score (nSPS) is 8.82. The maximum Gasteiger partial charge on any atom is 0.308 e. The maximum atomic E-state index is 11.5. The molecule has 0 saturated carbocycles. The molecule has 0 fully saturated rings. The molecule has 0 amide bonds. The molecular weight excluding hydrogens is 151 g/mol. The van der Waals surface area contributed by atoms with Crippen molar-refractivity contribution in [1.82, 2.24) is 0 Å². The van der Waals surface area contributed by atoms with Crippen molar-refractivity contribution in [3.8, 4) is 0 Å². The minimum Gasteiger partial charge on any atom is -0.498 e. The smallest absolute Gasteiger partial charge is 0.308 e. The number of halogens is 1. The molecule has 11 heavy (non-hydrogen) atoms. The molecular formula is C7H11FO3. The molecule has 0 aromatic rings. The lowest BCUT2D eigenvalue weighted by Crippen LogP contribution is -2.09. The SMILES string of the molecule is C=COCCOC(=O)CCF. The minimum atomic E-state index is -0.679. The zero-order valence-corrected chi connectivity index (χ0v) is 6.22. The van der Waals surface area contributed by atoms with Crippen LogP contribution >= 0.6 is 0 Å². The minimum absolute atomic E-state index is 0.144. The van der Waals surface area contributed by atoms with Crippen LogP contribution in [0.25, 0.3) is 0 Å². The van der Waals surface area contributed by atoms with Crippen LogP contribution < -0.4 is 0 Å². The lowest BCUT2D eigenvalue weighted by molar-refractivity contribution is -0.144. The zero-order chi connectivity index (χ0) is 8.53. The summed E-state index contributed by atoms with van der Waals surface area (Å²) in [4.78, 5) is 10.5. The monoisotopic (exact) mass is 162 g/mol. The van der Waals surface area contributed by atoms with Crippen molar-refractivity contribution in [2.45, 2.75) is 6.42 Å². The highest BCUT2D eigenvalue weighted by Gasteiger charge is 2.00. The van der Waals surface area contributed by atoms with Gasteiger partial charge in [-0.1, -0.05) is 6.58 Å². The van der Waals surface area contributed by atoms with E-state index >= 15 is 0 Å². The molecule has 4 heteroatoms. The Balaban J connectivity index is 3.10. The van der Waals surface area contributed by atoms with Crippen molar-refractivity contribution < 1.29 is 18.7 Å². The predicted octanol–water partition coefficient (Wildman–Crippen LogP) is 1.05. The van der Waals surface area contributed by atoms with Crippen molar-refractivity contribution in [3.05, 3.63) is 12.8 Å². The Labute approximate surface area is 64.8 Å². The van der Waals surface area contributed by atoms with Crippen LogP contribution in [-0.4, -0.2) is 25.9 Å². The Morgan fingerprint density at radius 1 is 1.55 bits per heavy atom. The van der Waals surface area contributed by atoms with Crippen molar-refractivity contribution in [3.63, 3.8) is 0 Å². The molecule has 0 aliphatic rings. The van der Waals surface area contributed by atoms with Gasteiger partial charge in [-0.05, 0) is 0 Å². The highest BCUT2D eigenvalue weighted by molar-refractivity contribution is 5.69. The highest BCUT2D eigenvalue weighted by Crippen LogP contribution is 1.87. The molecule has 0 aromatic carbocycles. The van der Waals surface area contributed by atoms with E-state index in [9.17, 15) is 9.18 Å². The Morgan fingerprint density at radius 3 is 2.82 bits per heavy atom. The average molecular weight is 162 g/mol. The lowest BCUT2D eigenvalue weighted by atomic mass is 10.5. The van der Waals surface area contributed by atoms with Gasteiger partial charge in [-0.25, -0.2) is 0 Å². The molecule has 0 saturated heterocycles. The summed E-state index contributed by atoms with van der Waals surface area (Å²) in [5, 5.41) is 0. The van der Waals surface area contributed by atoms with Gasteiger partial charge in [0.25, 0.3) is 0 Å². The summed E-state index contributed by atoms with van der Waals surface area (Å²) >= 11 is 0. The van der Waals surface area contributed by atoms with Crippen molar-refractivity contribution >= 4 is 5.97 Å². The number of hydrogen-bond acceptors (Lipinski definition) is 3. The molecule has 0 atom stereocenters. The molecule has 0 aliphatic carbocycles. The van der Waals surface area contributed by atoms with E-state index in [1.54, 1.807) is 0 Å². The fourth-order valence-electron chi connectivity index (χ4n) is 0.436. The van der Waals surface area contributed by atoms with Gasteiger partial charge in [0, 0.05) is 0 Å². The Kier molecular flexibility index (Phi) is 6.37. The third-order valence-corrected chi connectivity index (χ3v) is 0.881. The molecule has 0 rings (SSSR count). The second kappa shape index (κ2) is 7.05. The number of hydrogen-bond donors (Lipinski definition) is 0. The summed E-state index contributed by atoms with van der Waals surface area (Å²) in [6.45, 7) is 3.02. The molecule has 64 valence electrons. The Morgan fingerprint density at radius 2 is 2.27 bits per heavy atom. The van der Waals surface area contributed by atoms with E-state index in [1.165, 1.54) is 6.26 Å². The lowest BCUT2D eigenvalue weighted by Gasteiger charge is -2.01. The van der Waals surface area contributed by atoms with Gasteiger partial charge < -0.3 is 9.47 Å². The van der Waals surface area contributed by atoms with Gasteiger partial charge in [0.2, 0.25) is 0 Å². The van der Waals surface area contributed by atoms with Crippen LogP contribution in [0.3, 0.4) is 0 Å². The number of carbonyl (C=O) groups is 1. The van der Waals surface area contributed by atoms with Gasteiger partial charge in [0.15, 0.2) is 0 Å². The first kappa shape index (κ1) is 9.94. The standard InChI is InChI=1S/C7H11FO3/c1-2-10-5-6-11-7(9)3-4-8/h2H,1,3-6H2. The van der Waals surface area contributed by atoms with Crippen molar-refractivity contribution in [1.29, 1.82) is 0 Å².